The van der Waals surface area contributed by atoms with E-state index < -0.39 is 0 Å². The smallest absolute Gasteiger partial charge is 0.119 e. The molecule has 19 heavy (non-hydrogen) atoms. The van der Waals surface area contributed by atoms with E-state index in [0.29, 0.717) is 5.92 Å². The quantitative estimate of drug-likeness (QED) is 0.818. The van der Waals surface area contributed by atoms with Crippen LogP contribution in [0.15, 0.2) is 36.5 Å². The van der Waals surface area contributed by atoms with Gasteiger partial charge in [0, 0.05) is 19.0 Å². The van der Waals surface area contributed by atoms with E-state index in [1.165, 1.54) is 5.56 Å². The summed E-state index contributed by atoms with van der Waals surface area (Å²) in [6.07, 6.45) is 4.72. The lowest BCUT2D eigenvalue weighted by molar-refractivity contribution is 0.239. The Morgan fingerprint density at radius 1 is 1.37 bits per heavy atom. The average molecular weight is 259 g/mol. The van der Waals surface area contributed by atoms with Gasteiger partial charge in [0.2, 0.25) is 0 Å². The summed E-state index contributed by atoms with van der Waals surface area (Å²) in [6.45, 7) is 9.84. The molecule has 1 aliphatic rings. The van der Waals surface area contributed by atoms with E-state index in [0.717, 1.165) is 12.3 Å². The van der Waals surface area contributed by atoms with Gasteiger partial charge in [0.15, 0.2) is 0 Å². The van der Waals surface area contributed by atoms with E-state index in [-0.39, 0.29) is 11.5 Å². The largest absolute Gasteiger partial charge is 0.491 e. The van der Waals surface area contributed by atoms with Crippen molar-refractivity contribution in [1.29, 1.82) is 0 Å². The van der Waals surface area contributed by atoms with E-state index in [1.807, 2.05) is 6.07 Å². The van der Waals surface area contributed by atoms with Gasteiger partial charge in [-0.15, -0.1) is 0 Å². The van der Waals surface area contributed by atoms with Crippen molar-refractivity contribution >= 4 is 0 Å². The first-order valence-corrected chi connectivity index (χ1v) is 7.08. The third-order valence-corrected chi connectivity index (χ3v) is 4.09. The lowest BCUT2D eigenvalue weighted by atomic mass is 9.71. The Bertz CT molecular complexity index is 466. The van der Waals surface area contributed by atoms with Crippen LogP contribution in [0.4, 0.5) is 0 Å². The Kier molecular flexibility index (Phi) is 3.88. The van der Waals surface area contributed by atoms with Crippen LogP contribution in [0, 0.1) is 5.92 Å². The number of benzene rings is 1. The highest BCUT2D eigenvalue weighted by Crippen LogP contribution is 2.38. The average Bonchev–Trinajstić information content (AvgIpc) is 2.34. The van der Waals surface area contributed by atoms with E-state index in [9.17, 15) is 0 Å². The predicted octanol–water partition coefficient (Wildman–Crippen LogP) is 3.83. The maximum absolute atomic E-state index is 5.81. The summed E-state index contributed by atoms with van der Waals surface area (Å²) in [6, 6.07) is 8.53. The molecule has 0 aliphatic carbocycles. The van der Waals surface area contributed by atoms with Crippen LogP contribution in [0.25, 0.3) is 0 Å². The van der Waals surface area contributed by atoms with Crippen LogP contribution in [0.1, 0.15) is 33.3 Å². The van der Waals surface area contributed by atoms with Crippen molar-refractivity contribution in [2.24, 2.45) is 5.92 Å². The molecule has 1 aromatic carbocycles. The molecule has 0 radical (unpaired) electrons. The molecule has 1 heterocycles. The standard InChI is InChI=1S/C17H25NO/c1-13(2)19-16-8-6-7-15(11-16)17(4)9-10-18(5)12-14(17)3/h6-11,13-14H,12H2,1-5H3/t14-,17?/m0/s1. The number of hydrogen-bond donors (Lipinski definition) is 0. The Morgan fingerprint density at radius 3 is 2.74 bits per heavy atom. The molecule has 0 bridgehead atoms. The van der Waals surface area contributed by atoms with Gasteiger partial charge < -0.3 is 9.64 Å². The molecule has 2 atom stereocenters. The van der Waals surface area contributed by atoms with Gasteiger partial charge in [0.05, 0.1) is 6.10 Å². The molecule has 1 aliphatic heterocycles. The Labute approximate surface area is 117 Å². The summed E-state index contributed by atoms with van der Waals surface area (Å²) in [4.78, 5) is 2.25. The van der Waals surface area contributed by atoms with Gasteiger partial charge in [-0.25, -0.2) is 0 Å². The topological polar surface area (TPSA) is 12.5 Å². The van der Waals surface area contributed by atoms with Gasteiger partial charge >= 0.3 is 0 Å². The highest BCUT2D eigenvalue weighted by molar-refractivity contribution is 5.38. The molecular weight excluding hydrogens is 234 g/mol. The van der Waals surface area contributed by atoms with Crippen LogP contribution >= 0.6 is 0 Å². The lowest BCUT2D eigenvalue weighted by Crippen LogP contribution is -2.39. The molecule has 1 unspecified atom stereocenters. The fourth-order valence-electron chi connectivity index (χ4n) is 2.69. The maximum atomic E-state index is 5.81. The molecule has 2 nitrogen and oxygen atoms in total. The fraction of sp³-hybridized carbons (Fsp3) is 0.529. The van der Waals surface area contributed by atoms with Crippen LogP contribution < -0.4 is 4.74 Å². The van der Waals surface area contributed by atoms with Gasteiger partial charge in [-0.05, 0) is 43.7 Å². The molecule has 2 heteroatoms. The summed E-state index contributed by atoms with van der Waals surface area (Å²) in [7, 11) is 2.13. The van der Waals surface area contributed by atoms with Crippen molar-refractivity contribution < 1.29 is 4.74 Å². The third-order valence-electron chi connectivity index (χ3n) is 4.09. The molecule has 0 aromatic heterocycles. The van der Waals surface area contributed by atoms with Crippen molar-refractivity contribution in [1.82, 2.24) is 4.90 Å². The van der Waals surface area contributed by atoms with Crippen LogP contribution in [-0.2, 0) is 5.41 Å². The molecular formula is C17H25NO. The van der Waals surface area contributed by atoms with Crippen molar-refractivity contribution in [3.05, 3.63) is 42.1 Å². The summed E-state index contributed by atoms with van der Waals surface area (Å²) in [5.74, 6) is 1.55. The van der Waals surface area contributed by atoms with E-state index >= 15 is 0 Å². The SMILES string of the molecule is CC(C)Oc1cccc(C2(C)C=CN(C)C[C@@H]2C)c1. The second kappa shape index (κ2) is 5.28. The van der Waals surface area contributed by atoms with Gasteiger partial charge in [-0.2, -0.15) is 0 Å². The molecule has 0 spiro atoms. The monoisotopic (exact) mass is 259 g/mol. The number of nitrogens with zero attached hydrogens (tertiary/aromatic N) is 1. The second-order valence-corrected chi connectivity index (χ2v) is 6.13. The van der Waals surface area contributed by atoms with Gasteiger partial charge in [-0.1, -0.05) is 32.1 Å². The normalized spacial score (nSPS) is 26.8. The fourth-order valence-corrected chi connectivity index (χ4v) is 2.69. The first kappa shape index (κ1) is 14.0. The van der Waals surface area contributed by atoms with E-state index in [2.05, 4.69) is 70.1 Å². The first-order chi connectivity index (χ1) is 8.91. The molecule has 0 saturated heterocycles. The molecule has 0 amide bonds. The van der Waals surface area contributed by atoms with Crippen LogP contribution in [-0.4, -0.2) is 24.6 Å². The predicted molar refractivity (Wildman–Crippen MR) is 80.5 cm³/mol. The molecule has 104 valence electrons. The zero-order chi connectivity index (χ0) is 14.0. The maximum Gasteiger partial charge on any atom is 0.119 e. The molecule has 0 N–H and O–H groups in total. The summed E-state index contributed by atoms with van der Waals surface area (Å²) in [5, 5.41) is 0. The number of allylic oxidation sites excluding steroid dienone is 1. The lowest BCUT2D eigenvalue weighted by Gasteiger charge is -2.40. The van der Waals surface area contributed by atoms with E-state index in [4.69, 9.17) is 4.74 Å². The van der Waals surface area contributed by atoms with Crippen molar-refractivity contribution in [3.63, 3.8) is 0 Å². The molecule has 0 fully saturated rings. The number of ether oxygens (including phenoxy) is 1. The molecule has 0 saturated carbocycles. The Balaban J connectivity index is 2.32. The highest BCUT2D eigenvalue weighted by atomic mass is 16.5. The summed E-state index contributed by atoms with van der Waals surface area (Å²) < 4.78 is 5.81. The van der Waals surface area contributed by atoms with Gasteiger partial charge in [0.25, 0.3) is 0 Å². The molecule has 1 aromatic rings. The minimum atomic E-state index is 0.0862. The number of rotatable bonds is 3. The van der Waals surface area contributed by atoms with Crippen molar-refractivity contribution in [3.8, 4) is 5.75 Å². The number of hydrogen-bond acceptors (Lipinski definition) is 2. The zero-order valence-electron chi connectivity index (χ0n) is 12.7. The van der Waals surface area contributed by atoms with Crippen LogP contribution in [0.5, 0.6) is 5.75 Å². The first-order valence-electron chi connectivity index (χ1n) is 7.08. The summed E-state index contributed by atoms with van der Waals surface area (Å²) in [5.41, 5.74) is 1.42. The minimum Gasteiger partial charge on any atom is -0.491 e. The van der Waals surface area contributed by atoms with Crippen LogP contribution in [0.2, 0.25) is 0 Å². The van der Waals surface area contributed by atoms with Crippen molar-refractivity contribution in [2.45, 2.75) is 39.2 Å². The Morgan fingerprint density at radius 2 is 2.11 bits per heavy atom. The highest BCUT2D eigenvalue weighted by Gasteiger charge is 2.33. The third kappa shape index (κ3) is 2.94. The Hall–Kier alpha value is -1.44. The minimum absolute atomic E-state index is 0.0862. The van der Waals surface area contributed by atoms with Gasteiger partial charge in [-0.3, -0.25) is 0 Å². The second-order valence-electron chi connectivity index (χ2n) is 6.13. The van der Waals surface area contributed by atoms with Crippen LogP contribution in [0.3, 0.4) is 0 Å². The van der Waals surface area contributed by atoms with Gasteiger partial charge in [0.1, 0.15) is 5.75 Å². The van der Waals surface area contributed by atoms with Crippen molar-refractivity contribution in [2.75, 3.05) is 13.6 Å². The zero-order valence-corrected chi connectivity index (χ0v) is 12.7. The van der Waals surface area contributed by atoms with E-state index in [1.54, 1.807) is 0 Å². The summed E-state index contributed by atoms with van der Waals surface area (Å²) >= 11 is 0. The molecule has 2 rings (SSSR count).